The first-order valence-corrected chi connectivity index (χ1v) is 10.7. The summed E-state index contributed by atoms with van der Waals surface area (Å²) in [6.45, 7) is 6.77. The van der Waals surface area contributed by atoms with Crippen LogP contribution in [-0.4, -0.2) is 31.1 Å². The normalized spacial score (nSPS) is 10.7. The molecule has 3 rings (SSSR count). The molecule has 0 aliphatic heterocycles. The lowest BCUT2D eigenvalue weighted by atomic mass is 9.94. The first kappa shape index (κ1) is 24.1. The molecule has 0 aromatic heterocycles. The molecule has 7 heteroatoms. The predicted molar refractivity (Wildman–Crippen MR) is 125 cm³/mol. The number of rotatable bonds is 11. The number of benzene rings is 3. The lowest BCUT2D eigenvalue weighted by molar-refractivity contribution is -0.139. The van der Waals surface area contributed by atoms with Crippen molar-refractivity contribution >= 4 is 11.7 Å². The molecule has 0 aliphatic rings. The highest BCUT2D eigenvalue weighted by Crippen LogP contribution is 2.32. The van der Waals surface area contributed by atoms with Crippen LogP contribution in [0.25, 0.3) is 11.1 Å². The summed E-state index contributed by atoms with van der Waals surface area (Å²) in [6.07, 6.45) is 0. The number of ether oxygens (including phenoxy) is 3. The molecule has 6 nitrogen and oxygen atoms in total. The Morgan fingerprint density at radius 1 is 1.03 bits per heavy atom. The number of hydrogen-bond acceptors (Lipinski definition) is 5. The van der Waals surface area contributed by atoms with Crippen LogP contribution < -0.4 is 14.8 Å². The lowest BCUT2D eigenvalue weighted by Crippen LogP contribution is -2.10. The van der Waals surface area contributed by atoms with E-state index in [9.17, 15) is 9.18 Å². The Balaban J connectivity index is 1.70. The molecule has 33 heavy (non-hydrogen) atoms. The Hall–Kier alpha value is -3.58. The van der Waals surface area contributed by atoms with Crippen LogP contribution in [0, 0.1) is 19.7 Å². The molecule has 2 N–H and O–H groups in total. The summed E-state index contributed by atoms with van der Waals surface area (Å²) in [7, 11) is 0. The summed E-state index contributed by atoms with van der Waals surface area (Å²) in [6, 6.07) is 16.5. The Bertz CT molecular complexity index is 1090. The minimum atomic E-state index is -1.16. The highest BCUT2D eigenvalue weighted by molar-refractivity contribution is 5.72. The fourth-order valence-corrected chi connectivity index (χ4v) is 3.56. The van der Waals surface area contributed by atoms with Crippen molar-refractivity contribution in [2.45, 2.75) is 27.3 Å². The topological polar surface area (TPSA) is 77.0 Å². The summed E-state index contributed by atoms with van der Waals surface area (Å²) >= 11 is 0. The number of carbonyl (C=O) groups is 1. The molecule has 0 radical (unpaired) electrons. The molecule has 0 aliphatic carbocycles. The van der Waals surface area contributed by atoms with Gasteiger partial charge in [-0.1, -0.05) is 18.2 Å². The number of carboxylic acids is 1. The van der Waals surface area contributed by atoms with E-state index >= 15 is 0 Å². The highest BCUT2D eigenvalue weighted by Gasteiger charge is 2.10. The van der Waals surface area contributed by atoms with E-state index < -0.39 is 18.4 Å². The van der Waals surface area contributed by atoms with E-state index in [2.05, 4.69) is 31.3 Å². The lowest BCUT2D eigenvalue weighted by Gasteiger charge is -2.15. The SMILES string of the molecule is CCOCOc1cc(C)c(-c2cccc(CNc3ccc(OCC(=O)O)c(F)c3)c2)c(C)c1. The summed E-state index contributed by atoms with van der Waals surface area (Å²) in [4.78, 5) is 10.6. The Labute approximate surface area is 192 Å². The molecule has 0 saturated heterocycles. The van der Waals surface area contributed by atoms with Crippen LogP contribution in [-0.2, 0) is 16.1 Å². The average molecular weight is 454 g/mol. The number of anilines is 1. The molecular weight excluding hydrogens is 425 g/mol. The minimum absolute atomic E-state index is 0.0930. The number of aliphatic carboxylic acids is 1. The summed E-state index contributed by atoms with van der Waals surface area (Å²) in [5.41, 5.74) is 6.05. The van der Waals surface area contributed by atoms with Gasteiger partial charge in [-0.15, -0.1) is 0 Å². The van der Waals surface area contributed by atoms with Gasteiger partial charge in [0.05, 0.1) is 0 Å². The van der Waals surface area contributed by atoms with Gasteiger partial charge in [0.25, 0.3) is 0 Å². The van der Waals surface area contributed by atoms with E-state index in [1.165, 1.54) is 12.1 Å². The number of halogens is 1. The Morgan fingerprint density at radius 2 is 1.79 bits per heavy atom. The van der Waals surface area contributed by atoms with Gasteiger partial charge in [-0.25, -0.2) is 9.18 Å². The molecule has 0 spiro atoms. The van der Waals surface area contributed by atoms with Gasteiger partial charge in [0.1, 0.15) is 5.75 Å². The maximum atomic E-state index is 14.2. The van der Waals surface area contributed by atoms with Crippen LogP contribution in [0.3, 0.4) is 0 Å². The van der Waals surface area contributed by atoms with E-state index in [-0.39, 0.29) is 12.5 Å². The van der Waals surface area contributed by atoms with E-state index in [0.717, 1.165) is 33.6 Å². The van der Waals surface area contributed by atoms with Crippen LogP contribution in [0.4, 0.5) is 10.1 Å². The molecule has 174 valence electrons. The zero-order valence-electron chi connectivity index (χ0n) is 19.0. The second kappa shape index (κ2) is 11.3. The van der Waals surface area contributed by atoms with Crippen molar-refractivity contribution in [3.05, 3.63) is 77.1 Å². The molecule has 0 saturated carbocycles. The highest BCUT2D eigenvalue weighted by atomic mass is 19.1. The van der Waals surface area contributed by atoms with Gasteiger partial charge < -0.3 is 24.6 Å². The molecule has 0 heterocycles. The molecule has 3 aromatic rings. The van der Waals surface area contributed by atoms with E-state index in [0.29, 0.717) is 18.8 Å². The third-order valence-electron chi connectivity index (χ3n) is 5.01. The average Bonchev–Trinajstić information content (AvgIpc) is 2.77. The number of hydrogen-bond donors (Lipinski definition) is 2. The molecule has 0 atom stereocenters. The second-order valence-corrected chi connectivity index (χ2v) is 7.57. The van der Waals surface area contributed by atoms with Crippen molar-refractivity contribution in [3.8, 4) is 22.6 Å². The maximum absolute atomic E-state index is 14.2. The van der Waals surface area contributed by atoms with Gasteiger partial charge in [-0.3, -0.25) is 0 Å². The van der Waals surface area contributed by atoms with Gasteiger partial charge in [0.2, 0.25) is 0 Å². The Morgan fingerprint density at radius 3 is 2.45 bits per heavy atom. The first-order chi connectivity index (χ1) is 15.9. The largest absolute Gasteiger partial charge is 0.479 e. The molecule has 3 aromatic carbocycles. The van der Waals surface area contributed by atoms with Crippen molar-refractivity contribution in [1.29, 1.82) is 0 Å². The second-order valence-electron chi connectivity index (χ2n) is 7.57. The maximum Gasteiger partial charge on any atom is 0.341 e. The van der Waals surface area contributed by atoms with Crippen LogP contribution in [0.15, 0.2) is 54.6 Å². The third-order valence-corrected chi connectivity index (χ3v) is 5.01. The van der Waals surface area contributed by atoms with Crippen LogP contribution in [0.1, 0.15) is 23.6 Å². The fraction of sp³-hybridized carbons (Fsp3) is 0.269. The Kier molecular flexibility index (Phi) is 8.27. The monoisotopic (exact) mass is 453 g/mol. The third kappa shape index (κ3) is 6.70. The van der Waals surface area contributed by atoms with Crippen molar-refractivity contribution in [3.63, 3.8) is 0 Å². The predicted octanol–water partition coefficient (Wildman–Crippen LogP) is 5.56. The number of carboxylic acid groups (broad SMARTS) is 1. The van der Waals surface area contributed by atoms with Crippen LogP contribution in [0.2, 0.25) is 0 Å². The summed E-state index contributed by atoms with van der Waals surface area (Å²) in [5.74, 6) is -1.09. The zero-order valence-corrected chi connectivity index (χ0v) is 19.0. The molecule has 0 amide bonds. The van der Waals surface area contributed by atoms with Gasteiger partial charge in [0.15, 0.2) is 25.0 Å². The molecule has 0 fully saturated rings. The van der Waals surface area contributed by atoms with Gasteiger partial charge >= 0.3 is 5.97 Å². The zero-order chi connectivity index (χ0) is 23.8. The van der Waals surface area contributed by atoms with Gasteiger partial charge in [0, 0.05) is 24.9 Å². The number of nitrogens with one attached hydrogen (secondary N) is 1. The van der Waals surface area contributed by atoms with Crippen LogP contribution >= 0.6 is 0 Å². The quantitative estimate of drug-likeness (QED) is 0.293. The number of aryl methyl sites for hydroxylation is 2. The summed E-state index contributed by atoms with van der Waals surface area (Å²) in [5, 5.41) is 11.8. The van der Waals surface area contributed by atoms with Crippen molar-refractivity contribution in [2.75, 3.05) is 25.3 Å². The molecule has 0 unspecified atom stereocenters. The van der Waals surface area contributed by atoms with Crippen molar-refractivity contribution in [2.24, 2.45) is 0 Å². The summed E-state index contributed by atoms with van der Waals surface area (Å²) < 4.78 is 30.0. The first-order valence-electron chi connectivity index (χ1n) is 10.7. The van der Waals surface area contributed by atoms with E-state index in [4.69, 9.17) is 19.3 Å². The molecule has 0 bridgehead atoms. The minimum Gasteiger partial charge on any atom is -0.479 e. The smallest absolute Gasteiger partial charge is 0.341 e. The fourth-order valence-electron chi connectivity index (χ4n) is 3.56. The van der Waals surface area contributed by atoms with E-state index in [1.807, 2.05) is 31.2 Å². The van der Waals surface area contributed by atoms with Crippen molar-refractivity contribution in [1.82, 2.24) is 0 Å². The van der Waals surface area contributed by atoms with Gasteiger partial charge in [-0.2, -0.15) is 0 Å². The van der Waals surface area contributed by atoms with E-state index in [1.54, 1.807) is 6.07 Å². The van der Waals surface area contributed by atoms with Crippen molar-refractivity contribution < 1.29 is 28.5 Å². The standard InChI is InChI=1S/C26H28FNO5/c1-4-31-16-33-22-10-17(2)26(18(3)11-22)20-7-5-6-19(12-20)14-28-21-8-9-24(23(27)13-21)32-15-25(29)30/h5-13,28H,4,14-16H2,1-3H3,(H,29,30). The molecular formula is C26H28FNO5. The van der Waals surface area contributed by atoms with Gasteiger partial charge in [-0.05, 0) is 78.9 Å². The van der Waals surface area contributed by atoms with Crippen LogP contribution in [0.5, 0.6) is 11.5 Å².